The normalized spacial score (nSPS) is 20.9. The molecule has 1 rings (SSSR count). The molecule has 1 saturated heterocycles. The largest absolute Gasteiger partial charge is 0.462 e. The fourth-order valence-electron chi connectivity index (χ4n) is 2.12. The second-order valence-corrected chi connectivity index (χ2v) is 6.40. The van der Waals surface area contributed by atoms with Crippen molar-refractivity contribution in [1.29, 1.82) is 0 Å². The first-order valence-corrected chi connectivity index (χ1v) is 8.17. The number of carbonyl (C=O) groups is 1. The van der Waals surface area contributed by atoms with Gasteiger partial charge >= 0.3 is 48.4 Å². The van der Waals surface area contributed by atoms with Crippen LogP contribution in [0.2, 0.25) is 0 Å². The van der Waals surface area contributed by atoms with Crippen LogP contribution in [0.4, 0.5) is 74.6 Å². The van der Waals surface area contributed by atoms with E-state index in [1.54, 1.807) is 0 Å². The van der Waals surface area contributed by atoms with E-state index in [4.69, 9.17) is 0 Å². The molecule has 0 aromatic carbocycles. The van der Waals surface area contributed by atoms with Gasteiger partial charge in [-0.3, -0.25) is 14.3 Å². The molecule has 1 aliphatic rings. The Balaban J connectivity index is 3.60. The number of nitrogens with zero attached hydrogens (tertiary/aromatic N) is 1. The van der Waals surface area contributed by atoms with Crippen LogP contribution in [0.1, 0.15) is 0 Å². The number of halogens is 17. The maximum atomic E-state index is 14.4. The van der Waals surface area contributed by atoms with Crippen molar-refractivity contribution in [1.82, 2.24) is 4.90 Å². The third-order valence-corrected chi connectivity index (χ3v) is 3.94. The Labute approximate surface area is 180 Å². The molecule has 1 fully saturated rings. The van der Waals surface area contributed by atoms with Gasteiger partial charge in [-0.05, 0) is 0 Å². The standard InChI is InChI=1S/C13H8F17NO4/c14-6(9(18,19)20,5(32)31-1-3-33-4-2-31)34-13(29,30)8(17,11(24,25)26)35-12(27,28)7(15,16)10(21,22)23/h1-4H2/t6-,8+/m1/s1. The van der Waals surface area contributed by atoms with Gasteiger partial charge in [0.05, 0.1) is 13.2 Å². The second kappa shape index (κ2) is 8.92. The molecule has 208 valence electrons. The zero-order valence-corrected chi connectivity index (χ0v) is 15.8. The van der Waals surface area contributed by atoms with Crippen LogP contribution in [0.15, 0.2) is 0 Å². The monoisotopic (exact) mass is 565 g/mol. The summed E-state index contributed by atoms with van der Waals surface area (Å²) in [5.74, 6) is -25.9. The maximum Gasteiger partial charge on any atom is 0.462 e. The van der Waals surface area contributed by atoms with Crippen LogP contribution in [0.25, 0.3) is 0 Å². The summed E-state index contributed by atoms with van der Waals surface area (Å²) >= 11 is 0. The Morgan fingerprint density at radius 2 is 1.03 bits per heavy atom. The van der Waals surface area contributed by atoms with E-state index in [2.05, 4.69) is 4.74 Å². The van der Waals surface area contributed by atoms with Crippen LogP contribution in [0.3, 0.4) is 0 Å². The molecule has 5 nitrogen and oxygen atoms in total. The molecule has 0 aromatic rings. The van der Waals surface area contributed by atoms with Crippen molar-refractivity contribution in [3.63, 3.8) is 0 Å². The fraction of sp³-hybridized carbons (Fsp3) is 0.923. The summed E-state index contributed by atoms with van der Waals surface area (Å²) in [6, 6.07) is 0. The predicted molar refractivity (Wildman–Crippen MR) is 70.3 cm³/mol. The average Bonchev–Trinajstić information content (AvgIpc) is 2.64. The van der Waals surface area contributed by atoms with E-state index in [1.807, 2.05) is 4.74 Å². The molecule has 22 heteroatoms. The number of ether oxygens (including phenoxy) is 3. The van der Waals surface area contributed by atoms with Gasteiger partial charge in [-0.25, -0.2) is 0 Å². The van der Waals surface area contributed by atoms with Crippen molar-refractivity contribution in [3.8, 4) is 0 Å². The van der Waals surface area contributed by atoms with Gasteiger partial charge in [0.15, 0.2) is 0 Å². The van der Waals surface area contributed by atoms with Crippen LogP contribution in [0, 0.1) is 0 Å². The second-order valence-electron chi connectivity index (χ2n) is 6.40. The SMILES string of the molecule is O=C(N1CCOCC1)[C@@](F)(OC(F)(F)[C@@](F)(OC(F)(F)C(F)(F)C(F)(F)F)C(F)(F)F)C(F)(F)F. The van der Waals surface area contributed by atoms with Crippen LogP contribution in [-0.4, -0.2) is 85.5 Å². The summed E-state index contributed by atoms with van der Waals surface area (Å²) in [5, 5.41) is 0. The van der Waals surface area contributed by atoms with E-state index in [9.17, 15) is 79.4 Å². The summed E-state index contributed by atoms with van der Waals surface area (Å²) in [7, 11) is 0. The van der Waals surface area contributed by atoms with Gasteiger partial charge in [-0.15, -0.1) is 0 Å². The number of hydrogen-bond acceptors (Lipinski definition) is 4. The summed E-state index contributed by atoms with van der Waals surface area (Å²) < 4.78 is 230. The average molecular weight is 565 g/mol. The highest BCUT2D eigenvalue weighted by molar-refractivity contribution is 5.84. The molecule has 0 radical (unpaired) electrons. The summed E-state index contributed by atoms with van der Waals surface area (Å²) in [5.41, 5.74) is 0. The molecular formula is C13H8F17NO4. The Morgan fingerprint density at radius 3 is 1.37 bits per heavy atom. The van der Waals surface area contributed by atoms with Crippen molar-refractivity contribution in [2.24, 2.45) is 0 Å². The first-order chi connectivity index (χ1) is 15.2. The lowest BCUT2D eigenvalue weighted by molar-refractivity contribution is -0.548. The van der Waals surface area contributed by atoms with Gasteiger partial charge in [0.1, 0.15) is 0 Å². The van der Waals surface area contributed by atoms with E-state index < -0.39 is 80.6 Å². The smallest absolute Gasteiger partial charge is 0.378 e. The van der Waals surface area contributed by atoms with Gasteiger partial charge in [0.25, 0.3) is 5.91 Å². The molecule has 1 heterocycles. The van der Waals surface area contributed by atoms with E-state index in [0.717, 1.165) is 0 Å². The lowest BCUT2D eigenvalue weighted by Gasteiger charge is -2.41. The predicted octanol–water partition coefficient (Wildman–Crippen LogP) is 4.72. The van der Waals surface area contributed by atoms with E-state index in [0.29, 0.717) is 0 Å². The van der Waals surface area contributed by atoms with Crippen LogP contribution >= 0.6 is 0 Å². The minimum Gasteiger partial charge on any atom is -0.378 e. The first-order valence-electron chi connectivity index (χ1n) is 8.17. The third-order valence-electron chi connectivity index (χ3n) is 3.94. The fourth-order valence-corrected chi connectivity index (χ4v) is 2.12. The zero-order chi connectivity index (χ0) is 28.1. The molecule has 2 atom stereocenters. The van der Waals surface area contributed by atoms with Crippen molar-refractivity contribution in [3.05, 3.63) is 0 Å². The molecule has 0 unspecified atom stereocenters. The highest BCUT2D eigenvalue weighted by Crippen LogP contribution is 2.56. The zero-order valence-electron chi connectivity index (χ0n) is 15.8. The molecule has 1 amide bonds. The Kier molecular flexibility index (Phi) is 7.95. The Morgan fingerprint density at radius 1 is 0.600 bits per heavy atom. The lowest BCUT2D eigenvalue weighted by Crippen LogP contribution is -2.69. The molecule has 0 spiro atoms. The molecule has 1 aliphatic heterocycles. The van der Waals surface area contributed by atoms with Crippen LogP contribution in [0.5, 0.6) is 0 Å². The number of amides is 1. The number of rotatable bonds is 7. The van der Waals surface area contributed by atoms with Crippen LogP contribution < -0.4 is 0 Å². The molecule has 0 aromatic heterocycles. The van der Waals surface area contributed by atoms with Crippen molar-refractivity contribution in [2.45, 2.75) is 48.4 Å². The number of morpholine rings is 1. The highest BCUT2D eigenvalue weighted by Gasteiger charge is 2.85. The quantitative estimate of drug-likeness (QED) is 0.420. The first kappa shape index (κ1) is 31.2. The van der Waals surface area contributed by atoms with Crippen molar-refractivity contribution in [2.75, 3.05) is 26.3 Å². The van der Waals surface area contributed by atoms with E-state index in [1.165, 1.54) is 4.74 Å². The molecule has 35 heavy (non-hydrogen) atoms. The number of carbonyl (C=O) groups excluding carboxylic acids is 1. The third kappa shape index (κ3) is 5.47. The summed E-state index contributed by atoms with van der Waals surface area (Å²) in [6.45, 7) is -3.51. The topological polar surface area (TPSA) is 48.0 Å². The van der Waals surface area contributed by atoms with Gasteiger partial charge in [-0.2, -0.15) is 74.6 Å². The summed E-state index contributed by atoms with van der Waals surface area (Å²) in [4.78, 5) is 11.4. The Hall–Kier alpha value is -1.84. The minimum absolute atomic E-state index is 0.353. The molecule has 0 bridgehead atoms. The van der Waals surface area contributed by atoms with Gasteiger partial charge in [-0.1, -0.05) is 0 Å². The maximum absolute atomic E-state index is 14.4. The molecule has 0 saturated carbocycles. The number of hydrogen-bond donors (Lipinski definition) is 0. The molecule has 0 N–H and O–H groups in total. The van der Waals surface area contributed by atoms with Gasteiger partial charge in [0, 0.05) is 13.1 Å². The van der Waals surface area contributed by atoms with Crippen molar-refractivity contribution >= 4 is 5.91 Å². The Bertz CT molecular complexity index is 771. The number of alkyl halides is 17. The van der Waals surface area contributed by atoms with Gasteiger partial charge in [0.2, 0.25) is 0 Å². The highest BCUT2D eigenvalue weighted by atomic mass is 19.4. The van der Waals surface area contributed by atoms with E-state index >= 15 is 0 Å². The lowest BCUT2D eigenvalue weighted by atomic mass is 10.2. The minimum atomic E-state index is -8.02. The van der Waals surface area contributed by atoms with Crippen LogP contribution in [-0.2, 0) is 19.0 Å². The summed E-state index contributed by atoms with van der Waals surface area (Å²) in [6.07, 6.45) is -38.4. The van der Waals surface area contributed by atoms with Crippen molar-refractivity contribution < 1.29 is 93.6 Å². The van der Waals surface area contributed by atoms with E-state index in [-0.39, 0.29) is 4.90 Å². The molecular weight excluding hydrogens is 557 g/mol. The van der Waals surface area contributed by atoms with Gasteiger partial charge < -0.3 is 9.64 Å². The molecule has 0 aliphatic carbocycles.